The van der Waals surface area contributed by atoms with Crippen molar-refractivity contribution in [2.45, 2.75) is 63.2 Å². The maximum Gasteiger partial charge on any atom is 0.434 e. The number of halogens is 3. The van der Waals surface area contributed by atoms with Gasteiger partial charge in [0.1, 0.15) is 17.8 Å². The van der Waals surface area contributed by atoms with Crippen LogP contribution < -0.4 is 4.74 Å². The Hall–Kier alpha value is -3.21. The van der Waals surface area contributed by atoms with Gasteiger partial charge in [-0.2, -0.15) is 18.3 Å². The van der Waals surface area contributed by atoms with Crippen molar-refractivity contribution in [1.29, 1.82) is 0 Å². The number of alkyl halides is 3. The molecule has 0 bridgehead atoms. The molecule has 37 heavy (non-hydrogen) atoms. The summed E-state index contributed by atoms with van der Waals surface area (Å²) in [5.41, 5.74) is 5.29. The first-order valence-corrected chi connectivity index (χ1v) is 12.7. The van der Waals surface area contributed by atoms with E-state index in [4.69, 9.17) is 9.84 Å². The Bertz CT molecular complexity index is 1370. The Morgan fingerprint density at radius 3 is 2.54 bits per heavy atom. The van der Waals surface area contributed by atoms with E-state index in [-0.39, 0.29) is 0 Å². The van der Waals surface area contributed by atoms with Crippen LogP contribution in [0.2, 0.25) is 0 Å². The number of methoxy groups -OCH3 is 1. The molecule has 1 fully saturated rings. The van der Waals surface area contributed by atoms with Gasteiger partial charge in [0.15, 0.2) is 5.69 Å². The van der Waals surface area contributed by atoms with Gasteiger partial charge in [0.05, 0.1) is 18.4 Å². The Kier molecular flexibility index (Phi) is 5.85. The van der Waals surface area contributed by atoms with Crippen LogP contribution in [0.3, 0.4) is 0 Å². The van der Waals surface area contributed by atoms with Gasteiger partial charge in [-0.3, -0.25) is 9.58 Å². The second-order valence-corrected chi connectivity index (χ2v) is 10.3. The number of allylic oxidation sites excluding steroid dienone is 1. The molecule has 0 N–H and O–H groups in total. The normalized spacial score (nSPS) is 20.6. The SMILES string of the molecule is COc1ncnc(C2CC2)c1-c1nn(C)c2c1CN(C1CC=C(c3nc(C(F)(F)F)cn3C)CC1)CC2. The molecule has 1 unspecified atom stereocenters. The number of nitrogens with zero attached hydrogens (tertiary/aromatic N) is 7. The topological polar surface area (TPSA) is 73.9 Å². The molecule has 0 radical (unpaired) electrons. The fraction of sp³-hybridized carbons (Fsp3) is 0.538. The largest absolute Gasteiger partial charge is 0.480 e. The zero-order chi connectivity index (χ0) is 25.9. The number of aryl methyl sites for hydroxylation is 2. The Labute approximate surface area is 213 Å². The lowest BCUT2D eigenvalue weighted by Gasteiger charge is -2.36. The fourth-order valence-corrected chi connectivity index (χ4v) is 5.81. The molecule has 4 heterocycles. The third-order valence-electron chi connectivity index (χ3n) is 7.86. The molecule has 3 aliphatic rings. The predicted octanol–water partition coefficient (Wildman–Crippen LogP) is 4.51. The Balaban J connectivity index is 1.26. The van der Waals surface area contributed by atoms with Crippen molar-refractivity contribution in [2.75, 3.05) is 13.7 Å². The zero-order valence-electron chi connectivity index (χ0n) is 21.2. The van der Waals surface area contributed by atoms with E-state index in [1.807, 2.05) is 11.7 Å². The molecule has 0 spiro atoms. The van der Waals surface area contributed by atoms with Gasteiger partial charge in [-0.05, 0) is 37.7 Å². The van der Waals surface area contributed by atoms with Crippen LogP contribution in [-0.4, -0.2) is 53.9 Å². The van der Waals surface area contributed by atoms with Crippen molar-refractivity contribution in [3.05, 3.63) is 47.1 Å². The van der Waals surface area contributed by atoms with Gasteiger partial charge in [-0.1, -0.05) is 6.08 Å². The van der Waals surface area contributed by atoms with E-state index in [2.05, 4.69) is 25.9 Å². The lowest BCUT2D eigenvalue weighted by atomic mass is 9.91. The molecule has 0 aromatic carbocycles. The number of ether oxygens (including phenoxy) is 1. The number of fused-ring (bicyclic) bond motifs is 1. The highest BCUT2D eigenvalue weighted by atomic mass is 19.4. The van der Waals surface area contributed by atoms with Crippen molar-refractivity contribution >= 4 is 5.57 Å². The second-order valence-electron chi connectivity index (χ2n) is 10.3. The average molecular weight is 514 g/mol. The molecule has 1 atom stereocenters. The van der Waals surface area contributed by atoms with E-state index in [1.54, 1.807) is 20.5 Å². The van der Waals surface area contributed by atoms with Crippen LogP contribution in [0.25, 0.3) is 16.8 Å². The zero-order valence-corrected chi connectivity index (χ0v) is 21.2. The highest BCUT2D eigenvalue weighted by Crippen LogP contribution is 2.47. The Morgan fingerprint density at radius 1 is 1.08 bits per heavy atom. The highest BCUT2D eigenvalue weighted by molar-refractivity contribution is 5.72. The molecule has 3 aromatic heterocycles. The molecule has 6 rings (SSSR count). The first-order chi connectivity index (χ1) is 17.7. The van der Waals surface area contributed by atoms with E-state index in [0.29, 0.717) is 30.1 Å². The van der Waals surface area contributed by atoms with Crippen LogP contribution in [-0.2, 0) is 33.2 Å². The monoisotopic (exact) mass is 513 g/mol. The summed E-state index contributed by atoms with van der Waals surface area (Å²) in [6, 6.07) is 0.309. The van der Waals surface area contributed by atoms with E-state index >= 15 is 0 Å². The van der Waals surface area contributed by atoms with Crippen LogP contribution in [0.5, 0.6) is 5.88 Å². The van der Waals surface area contributed by atoms with Crippen molar-refractivity contribution < 1.29 is 17.9 Å². The quantitative estimate of drug-likeness (QED) is 0.500. The molecule has 1 saturated carbocycles. The minimum atomic E-state index is -4.44. The van der Waals surface area contributed by atoms with Crippen LogP contribution in [0, 0.1) is 0 Å². The maximum atomic E-state index is 13.1. The summed E-state index contributed by atoms with van der Waals surface area (Å²) in [5, 5.41) is 4.92. The van der Waals surface area contributed by atoms with E-state index < -0.39 is 11.9 Å². The molecule has 8 nitrogen and oxygen atoms in total. The van der Waals surface area contributed by atoms with E-state index in [1.165, 1.54) is 15.8 Å². The van der Waals surface area contributed by atoms with Crippen LogP contribution >= 0.6 is 0 Å². The first-order valence-electron chi connectivity index (χ1n) is 12.7. The Morgan fingerprint density at radius 2 is 1.89 bits per heavy atom. The van der Waals surface area contributed by atoms with Crippen LogP contribution in [0.1, 0.15) is 66.5 Å². The minimum Gasteiger partial charge on any atom is -0.480 e. The lowest BCUT2D eigenvalue weighted by Crippen LogP contribution is -2.40. The number of aromatic nitrogens is 6. The molecule has 0 saturated heterocycles. The second kappa shape index (κ2) is 8.97. The molecular weight excluding hydrogens is 483 g/mol. The summed E-state index contributed by atoms with van der Waals surface area (Å²) in [7, 11) is 5.25. The van der Waals surface area contributed by atoms with Gasteiger partial charge in [-0.25, -0.2) is 15.0 Å². The summed E-state index contributed by atoms with van der Waals surface area (Å²) in [6.07, 6.45) is 5.73. The number of hydrogen-bond acceptors (Lipinski definition) is 6. The van der Waals surface area contributed by atoms with Crippen molar-refractivity contribution in [3.63, 3.8) is 0 Å². The first kappa shape index (κ1) is 24.1. The van der Waals surface area contributed by atoms with E-state index in [9.17, 15) is 13.2 Å². The van der Waals surface area contributed by atoms with Gasteiger partial charge in [0, 0.05) is 63.0 Å². The summed E-state index contributed by atoms with van der Waals surface area (Å²) in [4.78, 5) is 15.4. The summed E-state index contributed by atoms with van der Waals surface area (Å²) < 4.78 is 48.5. The van der Waals surface area contributed by atoms with Crippen molar-refractivity contribution in [2.24, 2.45) is 14.1 Å². The summed E-state index contributed by atoms with van der Waals surface area (Å²) >= 11 is 0. The third kappa shape index (κ3) is 4.32. The van der Waals surface area contributed by atoms with Gasteiger partial charge in [0.2, 0.25) is 5.88 Å². The van der Waals surface area contributed by atoms with Gasteiger partial charge < -0.3 is 9.30 Å². The molecular formula is C26H30F3N7O. The van der Waals surface area contributed by atoms with Crippen LogP contribution in [0.4, 0.5) is 13.2 Å². The van der Waals surface area contributed by atoms with Gasteiger partial charge >= 0.3 is 6.18 Å². The third-order valence-corrected chi connectivity index (χ3v) is 7.86. The molecule has 11 heteroatoms. The molecule has 1 aliphatic heterocycles. The van der Waals surface area contributed by atoms with Crippen molar-refractivity contribution in [1.82, 2.24) is 34.2 Å². The highest BCUT2D eigenvalue weighted by Gasteiger charge is 2.37. The fourth-order valence-electron chi connectivity index (χ4n) is 5.81. The number of rotatable bonds is 5. The summed E-state index contributed by atoms with van der Waals surface area (Å²) in [6.45, 7) is 1.67. The van der Waals surface area contributed by atoms with Crippen LogP contribution in [0.15, 0.2) is 18.6 Å². The minimum absolute atomic E-state index is 0.309. The molecule has 2 aliphatic carbocycles. The van der Waals surface area contributed by atoms with E-state index in [0.717, 1.165) is 73.9 Å². The average Bonchev–Trinajstić information content (AvgIpc) is 3.58. The smallest absolute Gasteiger partial charge is 0.434 e. The molecule has 196 valence electrons. The van der Waals surface area contributed by atoms with Crippen molar-refractivity contribution in [3.8, 4) is 17.1 Å². The number of imidazole rings is 1. The predicted molar refractivity (Wildman–Crippen MR) is 131 cm³/mol. The standard InChI is InChI=1S/C26H30F3N7O/c1-34-13-20(26(27,28)29)32-24(34)16-6-8-17(9-7-16)36-11-10-19-18(12-36)23(33-35(19)2)21-22(15-4-5-15)30-14-31-25(21)37-3/h6,13-15,17H,4-5,7-12H2,1-3H3. The van der Waals surface area contributed by atoms with Gasteiger partial charge in [-0.15, -0.1) is 0 Å². The molecule has 0 amide bonds. The lowest BCUT2D eigenvalue weighted by molar-refractivity contribution is -0.141. The summed E-state index contributed by atoms with van der Waals surface area (Å²) in [5.74, 6) is 1.40. The number of hydrogen-bond donors (Lipinski definition) is 0. The van der Waals surface area contributed by atoms with Gasteiger partial charge in [0.25, 0.3) is 0 Å². The maximum absolute atomic E-state index is 13.1. The molecule has 3 aromatic rings.